The van der Waals surface area contributed by atoms with E-state index in [9.17, 15) is 19.5 Å². The molecule has 1 aliphatic heterocycles. The number of methoxy groups -OCH3 is 1. The van der Waals surface area contributed by atoms with E-state index in [2.05, 4.69) is 13.8 Å². The van der Waals surface area contributed by atoms with E-state index in [1.807, 2.05) is 0 Å². The van der Waals surface area contributed by atoms with Crippen molar-refractivity contribution in [3.63, 3.8) is 0 Å². The Balaban J connectivity index is 1.62. The zero-order valence-corrected chi connectivity index (χ0v) is 18.1. The summed E-state index contributed by atoms with van der Waals surface area (Å²) in [5, 5.41) is 11.6. The first kappa shape index (κ1) is 20.2. The molecule has 4 fully saturated rings. The topological polar surface area (TPSA) is 89.9 Å². The Morgan fingerprint density at radius 1 is 1.20 bits per heavy atom. The van der Waals surface area contributed by atoms with Crippen molar-refractivity contribution in [2.24, 2.45) is 34.5 Å². The predicted octanol–water partition coefficient (Wildman–Crippen LogP) is 2.96. The van der Waals surface area contributed by atoms with E-state index in [1.54, 1.807) is 6.08 Å². The molecule has 0 aromatic rings. The number of ether oxygens (including phenoxy) is 2. The molecule has 164 valence electrons. The van der Waals surface area contributed by atoms with Crippen molar-refractivity contribution in [3.05, 3.63) is 11.6 Å². The number of carbonyl (C=O) groups is 3. The molecule has 0 amide bonds. The molecule has 1 N–H and O–H groups in total. The van der Waals surface area contributed by atoms with Gasteiger partial charge in [-0.1, -0.05) is 19.4 Å². The molecule has 0 aromatic carbocycles. The first-order chi connectivity index (χ1) is 14.1. The number of aliphatic hydroxyl groups excluding tert-OH is 1. The monoisotopic (exact) mass is 416 g/mol. The molecule has 5 rings (SSSR count). The lowest BCUT2D eigenvalue weighted by molar-refractivity contribution is -0.197. The Morgan fingerprint density at radius 2 is 1.97 bits per heavy atom. The van der Waals surface area contributed by atoms with Gasteiger partial charge in [-0.3, -0.25) is 14.4 Å². The Kier molecular flexibility index (Phi) is 4.32. The molecule has 1 heterocycles. The normalized spacial score (nSPS) is 49.7. The van der Waals surface area contributed by atoms with Crippen molar-refractivity contribution < 1.29 is 29.0 Å². The van der Waals surface area contributed by atoms with E-state index in [0.29, 0.717) is 38.5 Å². The highest BCUT2D eigenvalue weighted by Gasteiger charge is 2.71. The summed E-state index contributed by atoms with van der Waals surface area (Å²) in [5.41, 5.74) is -0.168. The number of ketones is 1. The van der Waals surface area contributed by atoms with Crippen molar-refractivity contribution in [1.82, 2.24) is 0 Å². The summed E-state index contributed by atoms with van der Waals surface area (Å²) in [6.45, 7) is 4.33. The smallest absolute Gasteiger partial charge is 0.309 e. The molecule has 8 atom stereocenters. The summed E-state index contributed by atoms with van der Waals surface area (Å²) in [6.07, 6.45) is 6.21. The lowest BCUT2D eigenvalue weighted by Gasteiger charge is -2.62. The van der Waals surface area contributed by atoms with Crippen molar-refractivity contribution >= 4 is 17.7 Å². The van der Waals surface area contributed by atoms with Crippen LogP contribution >= 0.6 is 0 Å². The maximum absolute atomic E-state index is 12.9. The molecule has 30 heavy (non-hydrogen) atoms. The van der Waals surface area contributed by atoms with Crippen LogP contribution in [0.5, 0.6) is 0 Å². The SMILES string of the molecule is COC(=O)C1CC2=CC(=O)CCC2(C)C2C1C1CC[C@@]3(CCC(=O)O3)C1(C)C[C@H]2O. The predicted molar refractivity (Wildman–Crippen MR) is 107 cm³/mol. The lowest BCUT2D eigenvalue weighted by Crippen LogP contribution is -2.62. The zero-order chi connectivity index (χ0) is 21.5. The van der Waals surface area contributed by atoms with Gasteiger partial charge in [0.2, 0.25) is 0 Å². The Bertz CT molecular complexity index is 847. The van der Waals surface area contributed by atoms with Crippen LogP contribution in [-0.4, -0.2) is 41.6 Å². The van der Waals surface area contributed by atoms with Gasteiger partial charge in [0.1, 0.15) is 5.60 Å². The van der Waals surface area contributed by atoms with Crippen LogP contribution in [0.25, 0.3) is 0 Å². The second-order valence-electron chi connectivity index (χ2n) is 10.8. The van der Waals surface area contributed by atoms with Gasteiger partial charge in [0.25, 0.3) is 0 Å². The second kappa shape index (κ2) is 6.41. The van der Waals surface area contributed by atoms with E-state index < -0.39 is 11.7 Å². The number of hydrogen-bond acceptors (Lipinski definition) is 6. The number of allylic oxidation sites excluding steroid dienone is 1. The van der Waals surface area contributed by atoms with Crippen molar-refractivity contribution in [1.29, 1.82) is 0 Å². The van der Waals surface area contributed by atoms with Gasteiger partial charge in [0.15, 0.2) is 5.78 Å². The van der Waals surface area contributed by atoms with Gasteiger partial charge in [-0.2, -0.15) is 0 Å². The highest BCUT2D eigenvalue weighted by molar-refractivity contribution is 5.92. The Hall–Kier alpha value is -1.69. The van der Waals surface area contributed by atoms with Gasteiger partial charge in [-0.25, -0.2) is 0 Å². The summed E-state index contributed by atoms with van der Waals surface area (Å²) in [7, 11) is 1.42. The molecule has 0 bridgehead atoms. The van der Waals surface area contributed by atoms with Gasteiger partial charge in [-0.15, -0.1) is 0 Å². The van der Waals surface area contributed by atoms with Crippen LogP contribution in [-0.2, 0) is 23.9 Å². The van der Waals surface area contributed by atoms with E-state index in [0.717, 1.165) is 18.4 Å². The van der Waals surface area contributed by atoms with Crippen LogP contribution in [0.2, 0.25) is 0 Å². The Labute approximate surface area is 177 Å². The lowest BCUT2D eigenvalue weighted by atomic mass is 9.43. The quantitative estimate of drug-likeness (QED) is 0.661. The van der Waals surface area contributed by atoms with Crippen molar-refractivity contribution in [3.8, 4) is 0 Å². The van der Waals surface area contributed by atoms with Crippen molar-refractivity contribution in [2.45, 2.75) is 76.9 Å². The minimum Gasteiger partial charge on any atom is -0.469 e. The molecule has 6 unspecified atom stereocenters. The highest BCUT2D eigenvalue weighted by Crippen LogP contribution is 2.70. The third kappa shape index (κ3) is 2.43. The molecular weight excluding hydrogens is 384 g/mol. The van der Waals surface area contributed by atoms with E-state index in [4.69, 9.17) is 9.47 Å². The third-order valence-corrected chi connectivity index (χ3v) is 9.79. The van der Waals surface area contributed by atoms with Crippen LogP contribution in [0.15, 0.2) is 11.6 Å². The fourth-order valence-corrected chi connectivity index (χ4v) is 8.35. The summed E-state index contributed by atoms with van der Waals surface area (Å²) < 4.78 is 11.2. The van der Waals surface area contributed by atoms with Gasteiger partial charge >= 0.3 is 11.9 Å². The summed E-state index contributed by atoms with van der Waals surface area (Å²) in [5.74, 6) is -0.636. The molecule has 0 radical (unpaired) electrons. The zero-order valence-electron chi connectivity index (χ0n) is 18.1. The van der Waals surface area contributed by atoms with Crippen LogP contribution in [0.4, 0.5) is 0 Å². The van der Waals surface area contributed by atoms with Crippen LogP contribution in [0, 0.1) is 34.5 Å². The average Bonchev–Trinajstić information content (AvgIpc) is 3.21. The molecular formula is C24H32O6. The molecule has 5 aliphatic rings. The molecule has 1 spiro atoms. The van der Waals surface area contributed by atoms with E-state index in [-0.39, 0.29) is 52.2 Å². The molecule has 1 saturated heterocycles. The van der Waals surface area contributed by atoms with Gasteiger partial charge < -0.3 is 14.6 Å². The molecule has 0 aromatic heterocycles. The second-order valence-corrected chi connectivity index (χ2v) is 10.8. The summed E-state index contributed by atoms with van der Waals surface area (Å²) >= 11 is 0. The standard InChI is InChI=1S/C24H32O6/c1-22-7-4-14(25)10-13(22)11-15(21(28)29-3)19-16-5-8-24(9-6-18(27)30-24)23(16,2)12-17(26)20(19)22/h10,15-17,19-20,26H,4-9,11-12H2,1-3H3/t15?,16?,17-,19?,20?,22?,23?,24-/m1/s1. The third-order valence-electron chi connectivity index (χ3n) is 9.79. The number of hydrogen-bond donors (Lipinski definition) is 1. The van der Waals surface area contributed by atoms with Gasteiger partial charge in [0, 0.05) is 18.3 Å². The minimum atomic E-state index is -0.611. The largest absolute Gasteiger partial charge is 0.469 e. The van der Waals surface area contributed by atoms with E-state index >= 15 is 0 Å². The van der Waals surface area contributed by atoms with E-state index in [1.165, 1.54) is 7.11 Å². The molecule has 6 nitrogen and oxygen atoms in total. The molecule has 6 heteroatoms. The Morgan fingerprint density at radius 3 is 2.63 bits per heavy atom. The maximum atomic E-state index is 12.9. The first-order valence-electron chi connectivity index (χ1n) is 11.4. The fourth-order valence-electron chi connectivity index (χ4n) is 8.35. The number of rotatable bonds is 1. The molecule has 3 saturated carbocycles. The number of carbonyl (C=O) groups excluding carboxylic acids is 3. The average molecular weight is 417 g/mol. The maximum Gasteiger partial charge on any atom is 0.309 e. The number of fused-ring (bicyclic) bond motifs is 6. The molecule has 4 aliphatic carbocycles. The summed E-state index contributed by atoms with van der Waals surface area (Å²) in [6, 6.07) is 0. The first-order valence-corrected chi connectivity index (χ1v) is 11.4. The number of aliphatic hydroxyl groups is 1. The highest BCUT2D eigenvalue weighted by atomic mass is 16.6. The van der Waals surface area contributed by atoms with Gasteiger partial charge in [0.05, 0.1) is 19.1 Å². The van der Waals surface area contributed by atoms with Crippen LogP contribution in [0.1, 0.15) is 65.2 Å². The van der Waals surface area contributed by atoms with Gasteiger partial charge in [-0.05, 0) is 67.8 Å². The fraction of sp³-hybridized carbons (Fsp3) is 0.792. The van der Waals surface area contributed by atoms with Crippen LogP contribution in [0.3, 0.4) is 0 Å². The van der Waals surface area contributed by atoms with Crippen molar-refractivity contribution in [2.75, 3.05) is 7.11 Å². The minimum absolute atomic E-state index is 0.0415. The summed E-state index contributed by atoms with van der Waals surface area (Å²) in [4.78, 5) is 37.2. The number of esters is 2. The van der Waals surface area contributed by atoms with Crippen LogP contribution < -0.4 is 0 Å².